The average Bonchev–Trinajstić information content (AvgIpc) is 2.58. The van der Waals surface area contributed by atoms with Crippen molar-refractivity contribution in [3.63, 3.8) is 0 Å². The Kier molecular flexibility index (Phi) is 6.15. The van der Waals surface area contributed by atoms with Crippen LogP contribution in [0.15, 0.2) is 42.5 Å². The monoisotopic (exact) mass is 315 g/mol. The number of hydrogen-bond donors (Lipinski definition) is 1. The van der Waals surface area contributed by atoms with Gasteiger partial charge in [0.15, 0.2) is 0 Å². The van der Waals surface area contributed by atoms with Crippen molar-refractivity contribution < 1.29 is 14.2 Å². The van der Waals surface area contributed by atoms with Crippen LogP contribution in [0.1, 0.15) is 18.9 Å². The van der Waals surface area contributed by atoms with E-state index in [1.165, 1.54) is 5.56 Å². The molecule has 0 radical (unpaired) electrons. The molecule has 1 unspecified atom stereocenters. The Labute approximate surface area is 138 Å². The van der Waals surface area contributed by atoms with Crippen LogP contribution >= 0.6 is 0 Å². The van der Waals surface area contributed by atoms with Gasteiger partial charge in [0.25, 0.3) is 0 Å². The molecule has 0 aliphatic carbocycles. The van der Waals surface area contributed by atoms with Crippen molar-refractivity contribution in [3.05, 3.63) is 48.0 Å². The summed E-state index contributed by atoms with van der Waals surface area (Å²) < 4.78 is 16.7. The Balaban J connectivity index is 2.02. The fourth-order valence-electron chi connectivity index (χ4n) is 2.33. The molecule has 2 rings (SSSR count). The number of hydrogen-bond acceptors (Lipinski definition) is 4. The van der Waals surface area contributed by atoms with E-state index in [9.17, 15) is 0 Å². The van der Waals surface area contributed by atoms with Gasteiger partial charge in [-0.1, -0.05) is 19.1 Å². The molecule has 124 valence electrons. The van der Waals surface area contributed by atoms with Crippen molar-refractivity contribution >= 4 is 5.69 Å². The highest BCUT2D eigenvalue weighted by atomic mass is 16.5. The van der Waals surface area contributed by atoms with Gasteiger partial charge in [-0.2, -0.15) is 0 Å². The maximum Gasteiger partial charge on any atom is 0.142 e. The Morgan fingerprint density at radius 2 is 1.83 bits per heavy atom. The summed E-state index contributed by atoms with van der Waals surface area (Å²) >= 11 is 0. The topological polar surface area (TPSA) is 39.7 Å². The van der Waals surface area contributed by atoms with Crippen LogP contribution in [-0.4, -0.2) is 26.9 Å². The van der Waals surface area contributed by atoms with E-state index in [1.807, 2.05) is 30.3 Å². The molecule has 0 aliphatic heterocycles. The number of anilines is 1. The SMILES string of the molecule is CCC(CNc1cc(OC)ccc1OC)Oc1cccc(C)c1. The smallest absolute Gasteiger partial charge is 0.142 e. The van der Waals surface area contributed by atoms with Crippen molar-refractivity contribution in [3.8, 4) is 17.2 Å². The molecule has 1 N–H and O–H groups in total. The first-order valence-electron chi connectivity index (χ1n) is 7.85. The van der Waals surface area contributed by atoms with Crippen LogP contribution in [0.2, 0.25) is 0 Å². The number of aryl methyl sites for hydroxylation is 1. The molecule has 2 aromatic rings. The summed E-state index contributed by atoms with van der Waals surface area (Å²) in [5.74, 6) is 2.48. The van der Waals surface area contributed by atoms with E-state index in [0.29, 0.717) is 6.54 Å². The van der Waals surface area contributed by atoms with Gasteiger partial charge in [0.1, 0.15) is 23.4 Å². The summed E-state index contributed by atoms with van der Waals surface area (Å²) in [6.45, 7) is 4.87. The summed E-state index contributed by atoms with van der Waals surface area (Å²) in [6, 6.07) is 13.8. The fraction of sp³-hybridized carbons (Fsp3) is 0.368. The molecule has 0 bridgehead atoms. The van der Waals surface area contributed by atoms with E-state index in [4.69, 9.17) is 14.2 Å². The summed E-state index contributed by atoms with van der Waals surface area (Å²) in [7, 11) is 3.31. The molecule has 0 aromatic heterocycles. The third-order valence-corrected chi connectivity index (χ3v) is 3.67. The first kappa shape index (κ1) is 17.0. The van der Waals surface area contributed by atoms with Crippen LogP contribution in [0.4, 0.5) is 5.69 Å². The van der Waals surface area contributed by atoms with Crippen molar-refractivity contribution in [2.45, 2.75) is 26.4 Å². The fourth-order valence-corrected chi connectivity index (χ4v) is 2.33. The third-order valence-electron chi connectivity index (χ3n) is 3.67. The summed E-state index contributed by atoms with van der Waals surface area (Å²) in [5.41, 5.74) is 2.10. The Morgan fingerprint density at radius 3 is 2.48 bits per heavy atom. The summed E-state index contributed by atoms with van der Waals surface area (Å²) in [4.78, 5) is 0. The quantitative estimate of drug-likeness (QED) is 0.789. The van der Waals surface area contributed by atoms with Crippen molar-refractivity contribution in [2.75, 3.05) is 26.1 Å². The summed E-state index contributed by atoms with van der Waals surface area (Å²) in [6.07, 6.45) is 0.987. The second-order valence-electron chi connectivity index (χ2n) is 5.41. The number of ether oxygens (including phenoxy) is 3. The molecule has 0 spiro atoms. The third kappa shape index (κ3) is 4.81. The van der Waals surface area contributed by atoms with Crippen LogP contribution < -0.4 is 19.5 Å². The number of benzene rings is 2. The second-order valence-corrected chi connectivity index (χ2v) is 5.41. The van der Waals surface area contributed by atoms with Gasteiger partial charge < -0.3 is 19.5 Å². The van der Waals surface area contributed by atoms with Crippen LogP contribution in [0, 0.1) is 6.92 Å². The highest BCUT2D eigenvalue weighted by Crippen LogP contribution is 2.29. The van der Waals surface area contributed by atoms with Gasteiger partial charge >= 0.3 is 0 Å². The van der Waals surface area contributed by atoms with Gasteiger partial charge in [0, 0.05) is 6.07 Å². The standard InChI is InChI=1S/C19H25NO3/c1-5-15(23-17-8-6-7-14(2)11-17)13-20-18-12-16(21-3)9-10-19(18)22-4/h6-12,15,20H,5,13H2,1-4H3. The van der Waals surface area contributed by atoms with Gasteiger partial charge in [-0.15, -0.1) is 0 Å². The van der Waals surface area contributed by atoms with E-state index in [2.05, 4.69) is 31.3 Å². The van der Waals surface area contributed by atoms with E-state index >= 15 is 0 Å². The van der Waals surface area contributed by atoms with E-state index < -0.39 is 0 Å². The molecule has 4 nitrogen and oxygen atoms in total. The van der Waals surface area contributed by atoms with Gasteiger partial charge in [0.2, 0.25) is 0 Å². The zero-order valence-electron chi connectivity index (χ0n) is 14.3. The lowest BCUT2D eigenvalue weighted by Gasteiger charge is -2.20. The minimum atomic E-state index is 0.0766. The Bertz CT molecular complexity index is 628. The molecular formula is C19H25NO3. The van der Waals surface area contributed by atoms with Crippen LogP contribution in [0.5, 0.6) is 17.2 Å². The molecule has 1 atom stereocenters. The molecule has 23 heavy (non-hydrogen) atoms. The first-order chi connectivity index (χ1) is 11.2. The minimum absolute atomic E-state index is 0.0766. The maximum atomic E-state index is 6.06. The molecule has 0 heterocycles. The normalized spacial score (nSPS) is 11.7. The van der Waals surface area contributed by atoms with Gasteiger partial charge in [0.05, 0.1) is 26.5 Å². The maximum absolute atomic E-state index is 6.06. The van der Waals surface area contributed by atoms with Gasteiger partial charge in [-0.05, 0) is 43.2 Å². The highest BCUT2D eigenvalue weighted by molar-refractivity contribution is 5.59. The van der Waals surface area contributed by atoms with Crippen molar-refractivity contribution in [2.24, 2.45) is 0 Å². The predicted octanol–water partition coefficient (Wildman–Crippen LogP) is 4.28. The van der Waals surface area contributed by atoms with Gasteiger partial charge in [-0.3, -0.25) is 0 Å². The summed E-state index contributed by atoms with van der Waals surface area (Å²) in [5, 5.41) is 3.39. The van der Waals surface area contributed by atoms with Crippen LogP contribution in [0.25, 0.3) is 0 Å². The van der Waals surface area contributed by atoms with Crippen LogP contribution in [-0.2, 0) is 0 Å². The molecule has 0 amide bonds. The predicted molar refractivity (Wildman–Crippen MR) is 93.9 cm³/mol. The number of methoxy groups -OCH3 is 2. The van der Waals surface area contributed by atoms with Crippen LogP contribution in [0.3, 0.4) is 0 Å². The first-order valence-corrected chi connectivity index (χ1v) is 7.85. The molecule has 0 saturated heterocycles. The Morgan fingerprint density at radius 1 is 1.00 bits per heavy atom. The zero-order chi connectivity index (χ0) is 16.7. The number of rotatable bonds is 8. The molecule has 0 aliphatic rings. The van der Waals surface area contributed by atoms with E-state index in [0.717, 1.165) is 29.4 Å². The minimum Gasteiger partial charge on any atom is -0.497 e. The number of nitrogens with one attached hydrogen (secondary N) is 1. The molecule has 0 fully saturated rings. The van der Waals surface area contributed by atoms with Crippen molar-refractivity contribution in [1.29, 1.82) is 0 Å². The van der Waals surface area contributed by atoms with E-state index in [1.54, 1.807) is 14.2 Å². The second kappa shape index (κ2) is 8.32. The highest BCUT2D eigenvalue weighted by Gasteiger charge is 2.11. The lowest BCUT2D eigenvalue weighted by molar-refractivity contribution is 0.210. The largest absolute Gasteiger partial charge is 0.497 e. The molecule has 2 aromatic carbocycles. The molecule has 0 saturated carbocycles. The zero-order valence-corrected chi connectivity index (χ0v) is 14.3. The Hall–Kier alpha value is -2.36. The lowest BCUT2D eigenvalue weighted by Crippen LogP contribution is -2.25. The van der Waals surface area contributed by atoms with Crippen molar-refractivity contribution in [1.82, 2.24) is 0 Å². The van der Waals surface area contributed by atoms with E-state index in [-0.39, 0.29) is 6.10 Å². The van der Waals surface area contributed by atoms with Gasteiger partial charge in [-0.25, -0.2) is 0 Å². The average molecular weight is 315 g/mol. The molecular weight excluding hydrogens is 290 g/mol. The lowest BCUT2D eigenvalue weighted by atomic mass is 10.2. The molecule has 4 heteroatoms.